The van der Waals surface area contributed by atoms with E-state index in [-0.39, 0.29) is 0 Å². The molecule has 5 heteroatoms. The Labute approximate surface area is 114 Å². The van der Waals surface area contributed by atoms with E-state index in [2.05, 4.69) is 14.5 Å². The Morgan fingerprint density at radius 1 is 1.42 bits per heavy atom. The highest BCUT2D eigenvalue weighted by molar-refractivity contribution is 5.66. The summed E-state index contributed by atoms with van der Waals surface area (Å²) in [7, 11) is 0. The lowest BCUT2D eigenvalue weighted by molar-refractivity contribution is -0.137. The van der Waals surface area contributed by atoms with E-state index in [0.29, 0.717) is 12.3 Å². The first-order valence-corrected chi connectivity index (χ1v) is 7.14. The first-order valence-electron chi connectivity index (χ1n) is 7.14. The van der Waals surface area contributed by atoms with Gasteiger partial charge in [0.05, 0.1) is 6.33 Å². The van der Waals surface area contributed by atoms with Crippen LogP contribution in [0, 0.1) is 5.92 Å². The largest absolute Gasteiger partial charge is 0.481 e. The van der Waals surface area contributed by atoms with Gasteiger partial charge >= 0.3 is 5.97 Å². The minimum atomic E-state index is -0.669. The fraction of sp³-hybridized carbons (Fsp3) is 0.714. The molecule has 0 bridgehead atoms. The van der Waals surface area contributed by atoms with Crippen LogP contribution in [0.3, 0.4) is 0 Å². The molecule has 0 amide bonds. The summed E-state index contributed by atoms with van der Waals surface area (Å²) in [5.41, 5.74) is 0. The van der Waals surface area contributed by atoms with E-state index in [0.717, 1.165) is 39.0 Å². The number of carboxylic acid groups (broad SMARTS) is 1. The zero-order chi connectivity index (χ0) is 13.5. The number of nitrogens with zero attached hydrogens (tertiary/aromatic N) is 3. The Bertz CT molecular complexity index is 378. The number of carboxylic acids is 1. The molecule has 1 aromatic heterocycles. The predicted molar refractivity (Wildman–Crippen MR) is 72.9 cm³/mol. The van der Waals surface area contributed by atoms with E-state index in [1.807, 2.05) is 18.7 Å². The third kappa shape index (κ3) is 5.03. The van der Waals surface area contributed by atoms with Crippen molar-refractivity contribution < 1.29 is 9.90 Å². The predicted octanol–water partition coefficient (Wildman–Crippen LogP) is 1.85. The maximum absolute atomic E-state index is 10.6. The summed E-state index contributed by atoms with van der Waals surface area (Å²) in [4.78, 5) is 17.1. The van der Waals surface area contributed by atoms with Crippen molar-refractivity contribution in [3.05, 3.63) is 18.7 Å². The second-order valence-corrected chi connectivity index (χ2v) is 5.40. The molecule has 5 nitrogen and oxygen atoms in total. The standard InChI is InChI=1S/C14H23N3O2/c18-14(19)5-4-13-3-1-7-16(11-13)8-2-9-17-10-6-15-12-17/h6,10,12-13H,1-5,7-9,11H2,(H,18,19). The molecule has 2 rings (SSSR count). The molecule has 106 valence electrons. The second kappa shape index (κ2) is 7.28. The van der Waals surface area contributed by atoms with Crippen LogP contribution in [-0.2, 0) is 11.3 Å². The monoisotopic (exact) mass is 265 g/mol. The minimum Gasteiger partial charge on any atom is -0.481 e. The molecule has 1 aromatic rings. The Hall–Kier alpha value is -1.36. The Kier molecular flexibility index (Phi) is 5.39. The van der Waals surface area contributed by atoms with Crippen molar-refractivity contribution in [2.45, 2.75) is 38.6 Å². The van der Waals surface area contributed by atoms with E-state index in [1.54, 1.807) is 0 Å². The number of carbonyl (C=O) groups is 1. The summed E-state index contributed by atoms with van der Waals surface area (Å²) >= 11 is 0. The van der Waals surface area contributed by atoms with E-state index in [9.17, 15) is 4.79 Å². The minimum absolute atomic E-state index is 0.313. The normalized spacial score (nSPS) is 20.5. The smallest absolute Gasteiger partial charge is 0.303 e. The molecule has 0 spiro atoms. The van der Waals surface area contributed by atoms with Gasteiger partial charge in [-0.1, -0.05) is 0 Å². The van der Waals surface area contributed by atoms with Gasteiger partial charge in [-0.05, 0) is 44.7 Å². The molecule has 0 saturated carbocycles. The molecule has 1 unspecified atom stereocenters. The van der Waals surface area contributed by atoms with E-state index in [4.69, 9.17) is 5.11 Å². The van der Waals surface area contributed by atoms with Crippen molar-refractivity contribution in [1.29, 1.82) is 0 Å². The Morgan fingerprint density at radius 2 is 2.32 bits per heavy atom. The molecule has 1 saturated heterocycles. The summed E-state index contributed by atoms with van der Waals surface area (Å²) in [6.45, 7) is 4.34. The molecule has 1 aliphatic rings. The maximum Gasteiger partial charge on any atom is 0.303 e. The number of aromatic nitrogens is 2. The summed E-state index contributed by atoms with van der Waals surface area (Å²) < 4.78 is 2.10. The van der Waals surface area contributed by atoms with Gasteiger partial charge in [-0.3, -0.25) is 4.79 Å². The highest BCUT2D eigenvalue weighted by Crippen LogP contribution is 2.21. The van der Waals surface area contributed by atoms with E-state index >= 15 is 0 Å². The van der Waals surface area contributed by atoms with Gasteiger partial charge in [-0.2, -0.15) is 0 Å². The van der Waals surface area contributed by atoms with E-state index in [1.165, 1.54) is 12.8 Å². The molecule has 2 heterocycles. The van der Waals surface area contributed by atoms with Crippen LogP contribution >= 0.6 is 0 Å². The Balaban J connectivity index is 1.64. The molecule has 0 aliphatic carbocycles. The topological polar surface area (TPSA) is 58.4 Å². The van der Waals surface area contributed by atoms with Crippen molar-refractivity contribution in [3.8, 4) is 0 Å². The van der Waals surface area contributed by atoms with Crippen LogP contribution in [0.5, 0.6) is 0 Å². The molecule has 1 atom stereocenters. The SMILES string of the molecule is O=C(O)CCC1CCCN(CCCn2ccnc2)C1. The number of imidazole rings is 1. The van der Waals surface area contributed by atoms with Crippen molar-refractivity contribution in [1.82, 2.24) is 14.5 Å². The van der Waals surface area contributed by atoms with Gasteiger partial charge in [0, 0.05) is 31.9 Å². The fourth-order valence-electron chi connectivity index (χ4n) is 2.81. The van der Waals surface area contributed by atoms with Crippen molar-refractivity contribution >= 4 is 5.97 Å². The Morgan fingerprint density at radius 3 is 3.05 bits per heavy atom. The third-order valence-electron chi connectivity index (χ3n) is 3.82. The van der Waals surface area contributed by atoms with Gasteiger partial charge in [-0.15, -0.1) is 0 Å². The average Bonchev–Trinajstić information content (AvgIpc) is 2.90. The molecule has 1 N–H and O–H groups in total. The summed E-state index contributed by atoms with van der Waals surface area (Å²) in [6, 6.07) is 0. The van der Waals surface area contributed by atoms with Crippen LogP contribution in [0.2, 0.25) is 0 Å². The van der Waals surface area contributed by atoms with Crippen LogP contribution in [0.25, 0.3) is 0 Å². The van der Waals surface area contributed by atoms with Gasteiger partial charge < -0.3 is 14.6 Å². The summed E-state index contributed by atoms with van der Waals surface area (Å²) in [6.07, 6.45) is 10.3. The number of hydrogen-bond donors (Lipinski definition) is 1. The lowest BCUT2D eigenvalue weighted by atomic mass is 9.93. The van der Waals surface area contributed by atoms with Crippen molar-refractivity contribution in [3.63, 3.8) is 0 Å². The molecular formula is C14H23N3O2. The summed E-state index contributed by atoms with van der Waals surface area (Å²) in [5.74, 6) is -0.102. The highest BCUT2D eigenvalue weighted by Gasteiger charge is 2.19. The first kappa shape index (κ1) is 14.1. The number of aliphatic carboxylic acids is 1. The lowest BCUT2D eigenvalue weighted by Crippen LogP contribution is -2.36. The molecular weight excluding hydrogens is 242 g/mol. The number of rotatable bonds is 7. The molecule has 1 aliphatic heterocycles. The molecule has 1 fully saturated rings. The first-order chi connectivity index (χ1) is 9.24. The summed E-state index contributed by atoms with van der Waals surface area (Å²) in [5, 5.41) is 8.73. The van der Waals surface area contributed by atoms with Gasteiger partial charge in [0.1, 0.15) is 0 Å². The molecule has 19 heavy (non-hydrogen) atoms. The van der Waals surface area contributed by atoms with Crippen molar-refractivity contribution in [2.75, 3.05) is 19.6 Å². The lowest BCUT2D eigenvalue weighted by Gasteiger charge is -2.32. The number of aryl methyl sites for hydroxylation is 1. The van der Waals surface area contributed by atoms with Crippen LogP contribution in [-0.4, -0.2) is 45.2 Å². The third-order valence-corrected chi connectivity index (χ3v) is 3.82. The second-order valence-electron chi connectivity index (χ2n) is 5.40. The highest BCUT2D eigenvalue weighted by atomic mass is 16.4. The average molecular weight is 265 g/mol. The maximum atomic E-state index is 10.6. The van der Waals surface area contributed by atoms with Crippen LogP contribution in [0.4, 0.5) is 0 Å². The van der Waals surface area contributed by atoms with Crippen LogP contribution in [0.1, 0.15) is 32.1 Å². The quantitative estimate of drug-likeness (QED) is 0.817. The zero-order valence-corrected chi connectivity index (χ0v) is 11.4. The van der Waals surface area contributed by atoms with Crippen LogP contribution < -0.4 is 0 Å². The van der Waals surface area contributed by atoms with Crippen molar-refractivity contribution in [2.24, 2.45) is 5.92 Å². The van der Waals surface area contributed by atoms with Crippen LogP contribution in [0.15, 0.2) is 18.7 Å². The number of hydrogen-bond acceptors (Lipinski definition) is 3. The van der Waals surface area contributed by atoms with Gasteiger partial charge in [0.15, 0.2) is 0 Å². The number of piperidine rings is 1. The zero-order valence-electron chi connectivity index (χ0n) is 11.4. The number of likely N-dealkylation sites (tertiary alicyclic amines) is 1. The fourth-order valence-corrected chi connectivity index (χ4v) is 2.81. The molecule has 0 aromatic carbocycles. The molecule has 0 radical (unpaired) electrons. The van der Waals surface area contributed by atoms with Gasteiger partial charge in [-0.25, -0.2) is 4.98 Å². The van der Waals surface area contributed by atoms with E-state index < -0.39 is 5.97 Å². The van der Waals surface area contributed by atoms with Gasteiger partial charge in [0.2, 0.25) is 0 Å². The van der Waals surface area contributed by atoms with Gasteiger partial charge in [0.25, 0.3) is 0 Å².